The zero-order chi connectivity index (χ0) is 23.7. The number of carbonyl (C=O) groups is 3. The molecule has 1 unspecified atom stereocenters. The number of aliphatic hydroxyl groups excluding tert-OH is 1. The maximum atomic E-state index is 13.2. The molecule has 1 N–H and O–H groups in total. The van der Waals surface area contributed by atoms with Gasteiger partial charge in [0.2, 0.25) is 0 Å². The van der Waals surface area contributed by atoms with Crippen LogP contribution in [-0.4, -0.2) is 41.5 Å². The van der Waals surface area contributed by atoms with Gasteiger partial charge in [0.25, 0.3) is 5.78 Å². The van der Waals surface area contributed by atoms with Gasteiger partial charge in [-0.05, 0) is 37.4 Å². The van der Waals surface area contributed by atoms with Gasteiger partial charge in [-0.15, -0.1) is 11.3 Å². The number of hydrogen-bond donors (Lipinski definition) is 1. The Morgan fingerprint density at radius 1 is 1.24 bits per heavy atom. The molecule has 2 aromatic heterocycles. The highest BCUT2D eigenvalue weighted by atomic mass is 32.1. The Balaban J connectivity index is 1.88. The lowest BCUT2D eigenvalue weighted by molar-refractivity contribution is -0.132. The number of rotatable bonds is 6. The molecule has 0 bridgehead atoms. The van der Waals surface area contributed by atoms with Crippen molar-refractivity contribution in [1.29, 1.82) is 0 Å². The predicted molar refractivity (Wildman–Crippen MR) is 125 cm³/mol. The first-order valence-electron chi connectivity index (χ1n) is 10.0. The van der Waals surface area contributed by atoms with Gasteiger partial charge < -0.3 is 14.6 Å². The lowest BCUT2D eigenvalue weighted by atomic mass is 10.00. The number of methoxy groups -OCH3 is 1. The average molecular weight is 485 g/mol. The first kappa shape index (κ1) is 22.7. The van der Waals surface area contributed by atoms with Crippen LogP contribution in [0.5, 0.6) is 5.75 Å². The summed E-state index contributed by atoms with van der Waals surface area (Å²) in [6.07, 6.45) is 0. The smallest absolute Gasteiger partial charge is 0.350 e. The second-order valence-corrected chi connectivity index (χ2v) is 9.00. The molecule has 1 aromatic carbocycles. The Kier molecular flexibility index (Phi) is 6.30. The molecule has 3 aromatic rings. The second-order valence-electron chi connectivity index (χ2n) is 7.05. The second kappa shape index (κ2) is 9.16. The number of aryl methyl sites for hydroxylation is 1. The molecule has 0 radical (unpaired) electrons. The average Bonchev–Trinajstić information content (AvgIpc) is 3.52. The van der Waals surface area contributed by atoms with Gasteiger partial charge in [-0.2, -0.15) is 0 Å². The molecular formula is C23H20N2O6S2. The summed E-state index contributed by atoms with van der Waals surface area (Å²) in [4.78, 5) is 44.9. The zero-order valence-electron chi connectivity index (χ0n) is 18.0. The number of carbonyl (C=O) groups excluding carboxylic acids is 3. The van der Waals surface area contributed by atoms with Crippen LogP contribution in [-0.2, 0) is 14.3 Å². The first-order chi connectivity index (χ1) is 15.9. The molecule has 8 nitrogen and oxygen atoms in total. The SMILES string of the molecule is CCOc1cccc(/C(O)=C2\C(=O)C(=O)N(c3nc(C)c(C(=O)OC)s3)C2c2cccs2)c1. The fraction of sp³-hybridized carbons (Fsp3) is 0.217. The lowest BCUT2D eigenvalue weighted by Crippen LogP contribution is -2.29. The number of aliphatic hydroxyl groups is 1. The largest absolute Gasteiger partial charge is 0.507 e. The van der Waals surface area contributed by atoms with Crippen LogP contribution in [0.25, 0.3) is 5.76 Å². The van der Waals surface area contributed by atoms with E-state index in [0.717, 1.165) is 11.3 Å². The molecular weight excluding hydrogens is 464 g/mol. The summed E-state index contributed by atoms with van der Waals surface area (Å²) in [6, 6.07) is 9.37. The van der Waals surface area contributed by atoms with E-state index in [1.807, 2.05) is 12.3 Å². The Morgan fingerprint density at radius 3 is 2.70 bits per heavy atom. The number of thiophene rings is 1. The minimum absolute atomic E-state index is 0.0523. The van der Waals surface area contributed by atoms with Crippen molar-refractivity contribution in [3.05, 3.63) is 68.4 Å². The highest BCUT2D eigenvalue weighted by Gasteiger charge is 2.49. The van der Waals surface area contributed by atoms with Gasteiger partial charge in [-0.25, -0.2) is 9.78 Å². The van der Waals surface area contributed by atoms with Gasteiger partial charge in [0.1, 0.15) is 22.4 Å². The highest BCUT2D eigenvalue weighted by molar-refractivity contribution is 7.18. The number of esters is 1. The van der Waals surface area contributed by atoms with Crippen LogP contribution in [0.2, 0.25) is 0 Å². The zero-order valence-corrected chi connectivity index (χ0v) is 19.7. The maximum absolute atomic E-state index is 13.2. The van der Waals surface area contributed by atoms with E-state index in [0.29, 0.717) is 28.5 Å². The molecule has 1 aliphatic heterocycles. The number of aromatic nitrogens is 1. The minimum atomic E-state index is -0.892. The van der Waals surface area contributed by atoms with Gasteiger partial charge in [0.15, 0.2) is 5.13 Å². The van der Waals surface area contributed by atoms with E-state index in [2.05, 4.69) is 4.98 Å². The Labute approximate surface area is 197 Å². The van der Waals surface area contributed by atoms with E-state index in [1.54, 1.807) is 43.3 Å². The molecule has 1 saturated heterocycles. The third kappa shape index (κ3) is 4.03. The third-order valence-electron chi connectivity index (χ3n) is 5.04. The van der Waals surface area contributed by atoms with Crippen molar-refractivity contribution >= 4 is 51.2 Å². The van der Waals surface area contributed by atoms with Crippen molar-refractivity contribution in [2.75, 3.05) is 18.6 Å². The Bertz CT molecular complexity index is 1260. The number of thiazole rings is 1. The Hall–Kier alpha value is -3.50. The third-order valence-corrected chi connectivity index (χ3v) is 7.10. The number of anilines is 1. The van der Waals surface area contributed by atoms with Gasteiger partial charge in [-0.3, -0.25) is 14.5 Å². The number of amides is 1. The molecule has 3 heterocycles. The summed E-state index contributed by atoms with van der Waals surface area (Å²) >= 11 is 2.30. The molecule has 33 heavy (non-hydrogen) atoms. The van der Waals surface area contributed by atoms with Crippen LogP contribution >= 0.6 is 22.7 Å². The molecule has 1 amide bonds. The van der Waals surface area contributed by atoms with Crippen molar-refractivity contribution in [1.82, 2.24) is 4.98 Å². The van der Waals surface area contributed by atoms with Crippen LogP contribution in [0.1, 0.15) is 38.8 Å². The van der Waals surface area contributed by atoms with Crippen molar-refractivity contribution in [3.8, 4) is 5.75 Å². The standard InChI is InChI=1S/C23H20N2O6S2/c1-4-31-14-8-5-7-13(11-14)18(26)16-17(15-9-6-10-32-15)25(21(28)19(16)27)23-24-12(2)20(33-23)22(29)30-3/h5-11,17,26H,4H2,1-3H3/b18-16+. The van der Waals surface area contributed by atoms with Crippen molar-refractivity contribution in [2.45, 2.75) is 19.9 Å². The number of benzene rings is 1. The summed E-state index contributed by atoms with van der Waals surface area (Å²) < 4.78 is 10.3. The molecule has 1 aliphatic rings. The summed E-state index contributed by atoms with van der Waals surface area (Å²) in [6.45, 7) is 3.91. The first-order valence-corrected chi connectivity index (χ1v) is 11.7. The molecule has 1 atom stereocenters. The van der Waals surface area contributed by atoms with Crippen LogP contribution in [0.15, 0.2) is 47.4 Å². The fourth-order valence-electron chi connectivity index (χ4n) is 3.57. The minimum Gasteiger partial charge on any atom is -0.507 e. The number of nitrogens with zero attached hydrogens (tertiary/aromatic N) is 2. The van der Waals surface area contributed by atoms with E-state index >= 15 is 0 Å². The van der Waals surface area contributed by atoms with Crippen molar-refractivity contribution in [3.63, 3.8) is 0 Å². The van der Waals surface area contributed by atoms with E-state index in [-0.39, 0.29) is 21.3 Å². The monoisotopic (exact) mass is 484 g/mol. The summed E-state index contributed by atoms with van der Waals surface area (Å²) in [5.74, 6) is -2.02. The fourth-order valence-corrected chi connectivity index (χ4v) is 5.40. The molecule has 0 saturated carbocycles. The molecule has 170 valence electrons. The van der Waals surface area contributed by atoms with Crippen LogP contribution in [0.4, 0.5) is 5.13 Å². The van der Waals surface area contributed by atoms with Gasteiger partial charge >= 0.3 is 11.9 Å². The molecule has 4 rings (SSSR count). The maximum Gasteiger partial charge on any atom is 0.350 e. The topological polar surface area (TPSA) is 106 Å². The van der Waals surface area contributed by atoms with Crippen molar-refractivity contribution in [2.24, 2.45) is 0 Å². The van der Waals surface area contributed by atoms with E-state index in [4.69, 9.17) is 9.47 Å². The molecule has 0 aliphatic carbocycles. The van der Waals surface area contributed by atoms with Crippen molar-refractivity contribution < 1.29 is 29.0 Å². The lowest BCUT2D eigenvalue weighted by Gasteiger charge is -2.21. The Morgan fingerprint density at radius 2 is 2.03 bits per heavy atom. The predicted octanol–water partition coefficient (Wildman–Crippen LogP) is 4.32. The van der Waals surface area contributed by atoms with Crippen LogP contribution < -0.4 is 9.64 Å². The molecule has 0 spiro atoms. The van der Waals surface area contributed by atoms with Gasteiger partial charge in [0.05, 0.1) is 25.0 Å². The number of ether oxygens (including phenoxy) is 2. The molecule has 1 fully saturated rings. The normalized spacial score (nSPS) is 17.4. The quantitative estimate of drug-likeness (QED) is 0.240. The van der Waals surface area contributed by atoms with Crippen LogP contribution in [0, 0.1) is 6.92 Å². The van der Waals surface area contributed by atoms with E-state index in [1.165, 1.54) is 23.3 Å². The van der Waals surface area contributed by atoms with E-state index < -0.39 is 23.7 Å². The highest BCUT2D eigenvalue weighted by Crippen LogP contribution is 2.45. The van der Waals surface area contributed by atoms with Gasteiger partial charge in [0, 0.05) is 10.4 Å². The number of ketones is 1. The summed E-state index contributed by atoms with van der Waals surface area (Å²) in [5.41, 5.74) is 0.688. The van der Waals surface area contributed by atoms with Gasteiger partial charge in [-0.1, -0.05) is 29.5 Å². The summed E-state index contributed by atoms with van der Waals surface area (Å²) in [7, 11) is 1.26. The number of Topliss-reactive ketones (excluding diaryl/α,β-unsaturated/α-hetero) is 1. The van der Waals surface area contributed by atoms with E-state index in [9.17, 15) is 19.5 Å². The summed E-state index contributed by atoms with van der Waals surface area (Å²) in [5, 5.41) is 13.2. The molecule has 10 heteroatoms. The number of hydrogen-bond acceptors (Lipinski definition) is 9. The van der Waals surface area contributed by atoms with Crippen LogP contribution in [0.3, 0.4) is 0 Å².